The highest BCUT2D eigenvalue weighted by molar-refractivity contribution is 7.80. The first kappa shape index (κ1) is 14.7. The van der Waals surface area contributed by atoms with Crippen LogP contribution < -0.4 is 10.5 Å². The minimum Gasteiger partial charge on any atom is -0.505 e. The van der Waals surface area contributed by atoms with Crippen molar-refractivity contribution in [2.45, 2.75) is 32.3 Å². The molecule has 1 heterocycles. The number of rotatable bonds is 1. The zero-order chi connectivity index (χ0) is 15.9. The number of hydrogen-bond donors (Lipinski definition) is 2. The quantitative estimate of drug-likeness (QED) is 0.616. The van der Waals surface area contributed by atoms with Gasteiger partial charge in [-0.25, -0.2) is 0 Å². The number of thiocarbonyl (C=S) groups is 1. The van der Waals surface area contributed by atoms with Crippen molar-refractivity contribution in [1.82, 2.24) is 0 Å². The Kier molecular flexibility index (Phi) is 3.48. The highest BCUT2D eigenvalue weighted by atomic mass is 32.1. The van der Waals surface area contributed by atoms with Crippen molar-refractivity contribution < 1.29 is 9.84 Å². The maximum atomic E-state index is 10.6. The van der Waals surface area contributed by atoms with E-state index >= 15 is 0 Å². The second kappa shape index (κ2) is 5.21. The molecule has 2 aromatic rings. The van der Waals surface area contributed by atoms with Crippen molar-refractivity contribution in [2.75, 3.05) is 0 Å². The maximum absolute atomic E-state index is 10.6. The molecule has 0 bridgehead atoms. The molecule has 0 saturated heterocycles. The van der Waals surface area contributed by atoms with Gasteiger partial charge in [0.1, 0.15) is 17.0 Å². The van der Waals surface area contributed by atoms with Gasteiger partial charge in [0.05, 0.1) is 0 Å². The summed E-state index contributed by atoms with van der Waals surface area (Å²) in [7, 11) is 0. The van der Waals surface area contributed by atoms with Crippen LogP contribution in [0.3, 0.4) is 0 Å². The van der Waals surface area contributed by atoms with E-state index in [1.807, 2.05) is 38.1 Å². The summed E-state index contributed by atoms with van der Waals surface area (Å²) in [4.78, 5) is 0. The smallest absolute Gasteiger partial charge is 0.211 e. The van der Waals surface area contributed by atoms with Crippen LogP contribution in [0.1, 0.15) is 25.8 Å². The summed E-state index contributed by atoms with van der Waals surface area (Å²) in [5, 5.41) is 19.9. The Bertz CT molecular complexity index is 800. The van der Waals surface area contributed by atoms with Crippen LogP contribution in [0, 0.1) is 0 Å². The maximum Gasteiger partial charge on any atom is 0.211 e. The van der Waals surface area contributed by atoms with Gasteiger partial charge >= 0.3 is 0 Å². The molecule has 114 valence electrons. The number of phenolic OH excluding ortho intramolecular Hbond substituents is 1. The van der Waals surface area contributed by atoms with E-state index in [0.717, 1.165) is 28.5 Å². The van der Waals surface area contributed by atoms with Crippen LogP contribution in [0.4, 0.5) is 5.69 Å². The average Bonchev–Trinajstić information content (AvgIpc) is 2.46. The molecule has 0 fully saturated rings. The number of fused-ring (bicyclic) bond motifs is 3. The number of hydrogen-bond acceptors (Lipinski definition) is 4. The standard InChI is InChI=1S/C16H17N3O2S/c1-16(2)8-7-11-13(20)12(18-19-15(17)22)9-5-3-4-6-10(9)14(11)21-16/h3-6,20H,7-8H2,1-2H3,(H2,17,22). The van der Waals surface area contributed by atoms with Gasteiger partial charge < -0.3 is 15.6 Å². The second-order valence-corrected chi connectivity index (χ2v) is 6.37. The first-order valence-electron chi connectivity index (χ1n) is 7.06. The first-order valence-corrected chi connectivity index (χ1v) is 7.46. The van der Waals surface area contributed by atoms with Gasteiger partial charge in [0.25, 0.3) is 0 Å². The van der Waals surface area contributed by atoms with Crippen molar-refractivity contribution >= 4 is 33.8 Å². The van der Waals surface area contributed by atoms with Gasteiger partial charge in [0, 0.05) is 16.3 Å². The van der Waals surface area contributed by atoms with Crippen molar-refractivity contribution in [1.29, 1.82) is 0 Å². The molecule has 0 aliphatic carbocycles. The molecule has 6 heteroatoms. The number of benzene rings is 2. The van der Waals surface area contributed by atoms with E-state index < -0.39 is 0 Å². The molecule has 3 rings (SSSR count). The van der Waals surface area contributed by atoms with Crippen molar-refractivity contribution in [3.05, 3.63) is 29.8 Å². The minimum absolute atomic E-state index is 0.0708. The molecular weight excluding hydrogens is 298 g/mol. The molecule has 1 aliphatic rings. The van der Waals surface area contributed by atoms with Crippen LogP contribution in [-0.4, -0.2) is 15.8 Å². The summed E-state index contributed by atoms with van der Waals surface area (Å²) in [6.45, 7) is 4.09. The number of phenols is 1. The van der Waals surface area contributed by atoms with E-state index in [0.29, 0.717) is 12.1 Å². The zero-order valence-electron chi connectivity index (χ0n) is 12.5. The van der Waals surface area contributed by atoms with Gasteiger partial charge in [-0.15, -0.1) is 10.2 Å². The van der Waals surface area contributed by atoms with Gasteiger partial charge in [-0.1, -0.05) is 24.3 Å². The largest absolute Gasteiger partial charge is 0.505 e. The van der Waals surface area contributed by atoms with Crippen LogP contribution in [0.25, 0.3) is 10.8 Å². The summed E-state index contributed by atoms with van der Waals surface area (Å²) in [5.74, 6) is 0.808. The third-order valence-corrected chi connectivity index (χ3v) is 3.90. The molecule has 1 aliphatic heterocycles. The topological polar surface area (TPSA) is 80.2 Å². The van der Waals surface area contributed by atoms with E-state index in [2.05, 4.69) is 10.2 Å². The fourth-order valence-electron chi connectivity index (χ4n) is 2.73. The molecule has 3 N–H and O–H groups in total. The average molecular weight is 315 g/mol. The number of nitrogens with zero attached hydrogens (tertiary/aromatic N) is 2. The van der Waals surface area contributed by atoms with E-state index in [1.54, 1.807) is 0 Å². The zero-order valence-corrected chi connectivity index (χ0v) is 13.3. The van der Waals surface area contributed by atoms with E-state index in [-0.39, 0.29) is 16.5 Å². The van der Waals surface area contributed by atoms with E-state index in [1.165, 1.54) is 0 Å². The Morgan fingerprint density at radius 3 is 2.68 bits per heavy atom. The molecule has 5 nitrogen and oxygen atoms in total. The first-order chi connectivity index (χ1) is 10.4. The van der Waals surface area contributed by atoms with Crippen molar-refractivity contribution in [3.63, 3.8) is 0 Å². The third-order valence-electron chi connectivity index (χ3n) is 3.82. The number of azo groups is 1. The monoisotopic (exact) mass is 315 g/mol. The van der Waals surface area contributed by atoms with Crippen LogP contribution in [-0.2, 0) is 6.42 Å². The summed E-state index contributed by atoms with van der Waals surface area (Å²) >= 11 is 4.72. The molecule has 0 spiro atoms. The Hall–Kier alpha value is -2.21. The molecular formula is C16H17N3O2S. The molecule has 0 amide bonds. The molecule has 0 radical (unpaired) electrons. The summed E-state index contributed by atoms with van der Waals surface area (Å²) < 4.78 is 6.11. The summed E-state index contributed by atoms with van der Waals surface area (Å²) in [5.41, 5.74) is 6.25. The van der Waals surface area contributed by atoms with Crippen LogP contribution in [0.2, 0.25) is 0 Å². The minimum atomic E-state index is -0.260. The highest BCUT2D eigenvalue weighted by Gasteiger charge is 2.31. The van der Waals surface area contributed by atoms with Crippen LogP contribution >= 0.6 is 12.2 Å². The Balaban J connectivity index is 2.31. The normalized spacial score (nSPS) is 16.5. The predicted molar refractivity (Wildman–Crippen MR) is 89.9 cm³/mol. The lowest BCUT2D eigenvalue weighted by Gasteiger charge is -2.34. The molecule has 0 unspecified atom stereocenters. The molecule has 22 heavy (non-hydrogen) atoms. The Labute approximate surface area is 133 Å². The summed E-state index contributed by atoms with van der Waals surface area (Å²) in [6, 6.07) is 7.63. The lowest BCUT2D eigenvalue weighted by Crippen LogP contribution is -2.32. The lowest BCUT2D eigenvalue weighted by molar-refractivity contribution is 0.0859. The van der Waals surface area contributed by atoms with Gasteiger partial charge in [-0.2, -0.15) is 0 Å². The van der Waals surface area contributed by atoms with Crippen LogP contribution in [0.15, 0.2) is 34.5 Å². The number of aromatic hydroxyl groups is 1. The second-order valence-electron chi connectivity index (χ2n) is 5.95. The van der Waals surface area contributed by atoms with Crippen LogP contribution in [0.5, 0.6) is 11.5 Å². The Morgan fingerprint density at radius 2 is 2.00 bits per heavy atom. The van der Waals surface area contributed by atoms with Gasteiger partial charge in [0.15, 0.2) is 5.75 Å². The predicted octanol–water partition coefficient (Wildman–Crippen LogP) is 3.98. The molecule has 2 aromatic carbocycles. The van der Waals surface area contributed by atoms with Crippen molar-refractivity contribution in [3.8, 4) is 11.5 Å². The van der Waals surface area contributed by atoms with Gasteiger partial charge in [-0.05, 0) is 38.9 Å². The molecule has 0 aromatic heterocycles. The third kappa shape index (κ3) is 2.50. The van der Waals surface area contributed by atoms with E-state index in [4.69, 9.17) is 22.7 Å². The fraction of sp³-hybridized carbons (Fsp3) is 0.312. The highest BCUT2D eigenvalue weighted by Crippen LogP contribution is 2.49. The Morgan fingerprint density at radius 1 is 1.32 bits per heavy atom. The SMILES string of the molecule is CC1(C)CCc2c(O)c(N=NC(N)=S)c3ccccc3c2O1. The molecule has 0 saturated carbocycles. The van der Waals surface area contributed by atoms with Gasteiger partial charge in [0.2, 0.25) is 5.11 Å². The lowest BCUT2D eigenvalue weighted by atomic mass is 9.90. The number of ether oxygens (including phenoxy) is 1. The molecule has 0 atom stereocenters. The summed E-state index contributed by atoms with van der Waals surface area (Å²) in [6.07, 6.45) is 1.53. The van der Waals surface area contributed by atoms with Crippen molar-refractivity contribution in [2.24, 2.45) is 16.0 Å². The van der Waals surface area contributed by atoms with E-state index in [9.17, 15) is 5.11 Å². The fourth-order valence-corrected chi connectivity index (χ4v) is 2.77. The van der Waals surface area contributed by atoms with Gasteiger partial charge in [-0.3, -0.25) is 0 Å². The number of nitrogens with two attached hydrogens (primary N) is 1.